The second kappa shape index (κ2) is 9.49. The Balaban J connectivity index is 1.81. The molecular formula is C18H29N3O3. The van der Waals surface area contributed by atoms with E-state index in [1.807, 2.05) is 36.1 Å². The van der Waals surface area contributed by atoms with Crippen LogP contribution in [-0.4, -0.2) is 66.9 Å². The number of aliphatic hydroxyl groups is 1. The molecular weight excluding hydrogens is 306 g/mol. The Morgan fingerprint density at radius 2 is 1.92 bits per heavy atom. The Hall–Kier alpha value is -1.79. The zero-order chi connectivity index (χ0) is 17.4. The third kappa shape index (κ3) is 5.39. The van der Waals surface area contributed by atoms with E-state index in [2.05, 4.69) is 17.1 Å². The minimum Gasteiger partial charge on any atom is -0.494 e. The highest BCUT2D eigenvalue weighted by Crippen LogP contribution is 2.18. The molecule has 134 valence electrons. The molecule has 1 heterocycles. The maximum Gasteiger partial charge on any atom is 0.317 e. The van der Waals surface area contributed by atoms with Crippen molar-refractivity contribution >= 4 is 6.03 Å². The number of nitrogens with one attached hydrogen (secondary N) is 1. The van der Waals surface area contributed by atoms with Crippen LogP contribution in [0.15, 0.2) is 24.3 Å². The quantitative estimate of drug-likeness (QED) is 0.798. The summed E-state index contributed by atoms with van der Waals surface area (Å²) >= 11 is 0. The molecule has 0 spiro atoms. The molecule has 0 bridgehead atoms. The summed E-state index contributed by atoms with van der Waals surface area (Å²) in [5.41, 5.74) is 1.06. The first-order chi connectivity index (χ1) is 11.6. The van der Waals surface area contributed by atoms with Gasteiger partial charge in [0, 0.05) is 32.7 Å². The van der Waals surface area contributed by atoms with Crippen LogP contribution in [0.25, 0.3) is 0 Å². The van der Waals surface area contributed by atoms with Gasteiger partial charge in [-0.1, -0.05) is 19.1 Å². The standard InChI is InChI=1S/C18H29N3O3/c1-3-14-24-17-6-4-16(5-7-17)15(2)19-18(23)21-10-8-20(9-11-21)12-13-22/h4-7,15,22H,3,8-14H2,1-2H3,(H,19,23). The van der Waals surface area contributed by atoms with Crippen LogP contribution in [0.1, 0.15) is 31.9 Å². The molecule has 1 aromatic carbocycles. The van der Waals surface area contributed by atoms with Gasteiger partial charge in [0.15, 0.2) is 0 Å². The van der Waals surface area contributed by atoms with E-state index in [4.69, 9.17) is 9.84 Å². The van der Waals surface area contributed by atoms with Gasteiger partial charge >= 0.3 is 6.03 Å². The van der Waals surface area contributed by atoms with Crippen molar-refractivity contribution in [2.45, 2.75) is 26.3 Å². The molecule has 2 amide bonds. The summed E-state index contributed by atoms with van der Waals surface area (Å²) < 4.78 is 5.58. The number of aliphatic hydroxyl groups excluding tert-OH is 1. The van der Waals surface area contributed by atoms with E-state index in [9.17, 15) is 4.79 Å². The van der Waals surface area contributed by atoms with Crippen molar-refractivity contribution in [3.63, 3.8) is 0 Å². The number of carbonyl (C=O) groups excluding carboxylic acids is 1. The van der Waals surface area contributed by atoms with Gasteiger partial charge in [-0.3, -0.25) is 4.90 Å². The number of carbonyl (C=O) groups is 1. The Morgan fingerprint density at radius 3 is 2.50 bits per heavy atom. The van der Waals surface area contributed by atoms with Crippen molar-refractivity contribution in [1.29, 1.82) is 0 Å². The number of piperazine rings is 1. The van der Waals surface area contributed by atoms with Gasteiger partial charge in [-0.05, 0) is 31.0 Å². The maximum atomic E-state index is 12.4. The SMILES string of the molecule is CCCOc1ccc(C(C)NC(=O)N2CCN(CCO)CC2)cc1. The molecule has 1 aliphatic heterocycles. The van der Waals surface area contributed by atoms with Gasteiger partial charge in [0.05, 0.1) is 19.3 Å². The Morgan fingerprint density at radius 1 is 1.25 bits per heavy atom. The molecule has 0 radical (unpaired) electrons. The molecule has 6 heteroatoms. The van der Waals surface area contributed by atoms with E-state index in [-0.39, 0.29) is 18.7 Å². The molecule has 24 heavy (non-hydrogen) atoms. The highest BCUT2D eigenvalue weighted by Gasteiger charge is 2.21. The van der Waals surface area contributed by atoms with Crippen LogP contribution in [0.4, 0.5) is 4.79 Å². The lowest BCUT2D eigenvalue weighted by molar-refractivity contribution is 0.121. The third-order valence-corrected chi connectivity index (χ3v) is 4.27. The smallest absolute Gasteiger partial charge is 0.317 e. The molecule has 6 nitrogen and oxygen atoms in total. The fourth-order valence-electron chi connectivity index (χ4n) is 2.75. The van der Waals surface area contributed by atoms with E-state index >= 15 is 0 Å². The van der Waals surface area contributed by atoms with Crippen LogP contribution >= 0.6 is 0 Å². The first-order valence-corrected chi connectivity index (χ1v) is 8.75. The summed E-state index contributed by atoms with van der Waals surface area (Å²) in [6.07, 6.45) is 0.986. The van der Waals surface area contributed by atoms with Gasteiger partial charge < -0.3 is 20.1 Å². The van der Waals surface area contributed by atoms with E-state index in [1.54, 1.807) is 0 Å². The van der Waals surface area contributed by atoms with Crippen LogP contribution in [0.3, 0.4) is 0 Å². The second-order valence-corrected chi connectivity index (χ2v) is 6.14. The van der Waals surface area contributed by atoms with Crippen molar-refractivity contribution in [2.75, 3.05) is 45.9 Å². The van der Waals surface area contributed by atoms with E-state index in [0.717, 1.165) is 30.8 Å². The Kier molecular flexibility index (Phi) is 7.34. The number of rotatable bonds is 7. The number of urea groups is 1. The van der Waals surface area contributed by atoms with Gasteiger partial charge in [-0.2, -0.15) is 0 Å². The Bertz CT molecular complexity index is 499. The molecule has 2 rings (SSSR count). The summed E-state index contributed by atoms with van der Waals surface area (Å²) in [7, 11) is 0. The number of hydrogen-bond acceptors (Lipinski definition) is 4. The Labute approximate surface area is 144 Å². The molecule has 1 unspecified atom stereocenters. The molecule has 1 aliphatic rings. The number of amides is 2. The number of benzene rings is 1. The highest BCUT2D eigenvalue weighted by molar-refractivity contribution is 5.74. The number of ether oxygens (including phenoxy) is 1. The van der Waals surface area contributed by atoms with Gasteiger partial charge in [0.1, 0.15) is 5.75 Å². The van der Waals surface area contributed by atoms with Gasteiger partial charge in [0.2, 0.25) is 0 Å². The number of hydrogen-bond donors (Lipinski definition) is 2. The summed E-state index contributed by atoms with van der Waals surface area (Å²) in [5.74, 6) is 0.860. The van der Waals surface area contributed by atoms with E-state index in [1.165, 1.54) is 0 Å². The zero-order valence-corrected chi connectivity index (χ0v) is 14.7. The third-order valence-electron chi connectivity index (χ3n) is 4.27. The number of β-amino-alcohol motifs (C(OH)–C–C–N with tert-alkyl or cyclic N) is 1. The fourth-order valence-corrected chi connectivity index (χ4v) is 2.75. The molecule has 0 aliphatic carbocycles. The monoisotopic (exact) mass is 335 g/mol. The minimum absolute atomic E-state index is 0.0301. The minimum atomic E-state index is -0.0480. The van der Waals surface area contributed by atoms with Crippen molar-refractivity contribution < 1.29 is 14.6 Å². The molecule has 0 saturated carbocycles. The van der Waals surface area contributed by atoms with Crippen LogP contribution < -0.4 is 10.1 Å². The largest absolute Gasteiger partial charge is 0.494 e. The predicted molar refractivity (Wildman–Crippen MR) is 94.3 cm³/mol. The fraction of sp³-hybridized carbons (Fsp3) is 0.611. The number of nitrogens with zero attached hydrogens (tertiary/aromatic N) is 2. The zero-order valence-electron chi connectivity index (χ0n) is 14.7. The van der Waals surface area contributed by atoms with Crippen LogP contribution in [-0.2, 0) is 0 Å². The molecule has 1 fully saturated rings. The highest BCUT2D eigenvalue weighted by atomic mass is 16.5. The summed E-state index contributed by atoms with van der Waals surface area (Å²) in [6.45, 7) is 8.65. The second-order valence-electron chi connectivity index (χ2n) is 6.14. The van der Waals surface area contributed by atoms with E-state index in [0.29, 0.717) is 26.2 Å². The van der Waals surface area contributed by atoms with Gasteiger partial charge in [-0.25, -0.2) is 4.79 Å². The van der Waals surface area contributed by atoms with Crippen LogP contribution in [0, 0.1) is 0 Å². The van der Waals surface area contributed by atoms with Crippen LogP contribution in [0.5, 0.6) is 5.75 Å². The first-order valence-electron chi connectivity index (χ1n) is 8.75. The average Bonchev–Trinajstić information content (AvgIpc) is 2.61. The molecule has 2 N–H and O–H groups in total. The van der Waals surface area contributed by atoms with Gasteiger partial charge in [-0.15, -0.1) is 0 Å². The summed E-state index contributed by atoms with van der Waals surface area (Å²) in [4.78, 5) is 16.4. The molecule has 1 atom stereocenters. The topological polar surface area (TPSA) is 65.0 Å². The van der Waals surface area contributed by atoms with Crippen molar-refractivity contribution in [2.24, 2.45) is 0 Å². The first kappa shape index (κ1) is 18.5. The molecule has 0 aromatic heterocycles. The summed E-state index contributed by atoms with van der Waals surface area (Å²) in [5, 5.41) is 12.0. The lowest BCUT2D eigenvalue weighted by Gasteiger charge is -2.35. The lowest BCUT2D eigenvalue weighted by Crippen LogP contribution is -2.52. The normalized spacial score (nSPS) is 16.7. The van der Waals surface area contributed by atoms with Crippen LogP contribution in [0.2, 0.25) is 0 Å². The molecule has 1 aromatic rings. The maximum absolute atomic E-state index is 12.4. The average molecular weight is 335 g/mol. The van der Waals surface area contributed by atoms with Gasteiger partial charge in [0.25, 0.3) is 0 Å². The lowest BCUT2D eigenvalue weighted by atomic mass is 10.1. The van der Waals surface area contributed by atoms with E-state index < -0.39 is 0 Å². The predicted octanol–water partition coefficient (Wildman–Crippen LogP) is 1.86. The van der Waals surface area contributed by atoms with Crippen molar-refractivity contribution in [3.05, 3.63) is 29.8 Å². The summed E-state index contributed by atoms with van der Waals surface area (Å²) in [6, 6.07) is 7.80. The van der Waals surface area contributed by atoms with Crippen molar-refractivity contribution in [1.82, 2.24) is 15.1 Å². The molecule has 1 saturated heterocycles. The van der Waals surface area contributed by atoms with Crippen molar-refractivity contribution in [3.8, 4) is 5.75 Å².